The van der Waals surface area contributed by atoms with E-state index in [1.165, 1.54) is 6.92 Å². The van der Waals surface area contributed by atoms with Crippen molar-refractivity contribution in [1.82, 2.24) is 10.6 Å². The van der Waals surface area contributed by atoms with E-state index in [2.05, 4.69) is 22.8 Å². The first-order valence-electron chi connectivity index (χ1n) is 10.2. The average Bonchev–Trinajstić information content (AvgIpc) is 3.03. The molecule has 1 aliphatic rings. The molecule has 164 valence electrons. The molecule has 0 aliphatic heterocycles. The summed E-state index contributed by atoms with van der Waals surface area (Å²) in [6.45, 7) is 6.85. The van der Waals surface area contributed by atoms with Crippen LogP contribution in [0.25, 0.3) is 11.1 Å². The third-order valence-corrected chi connectivity index (χ3v) is 5.46. The van der Waals surface area contributed by atoms with Gasteiger partial charge in [0, 0.05) is 5.92 Å². The first kappa shape index (κ1) is 22.3. The average molecular weight is 424 g/mol. The number of hydrogen-bond donors (Lipinski definition) is 3. The maximum Gasteiger partial charge on any atom is 0.407 e. The SMILES string of the molecule is C[C@H](NC(=O)C(NC(=O)OCC1c2ccccc2-c2ccccc21)C(C)(C)C)C(=O)O. The van der Waals surface area contributed by atoms with Crippen LogP contribution in [0.3, 0.4) is 0 Å². The molecule has 0 heterocycles. The predicted octanol–water partition coefficient (Wildman–Crippen LogP) is 3.53. The van der Waals surface area contributed by atoms with Crippen LogP contribution in [0.5, 0.6) is 0 Å². The number of rotatable bonds is 6. The van der Waals surface area contributed by atoms with Crippen LogP contribution < -0.4 is 10.6 Å². The Morgan fingerprint density at radius 3 is 1.97 bits per heavy atom. The standard InChI is InChI=1S/C24H28N2O5/c1-14(22(28)29)25-21(27)20(24(2,3)4)26-23(30)31-13-19-17-11-7-5-9-15(17)16-10-6-8-12-18(16)19/h5-12,14,19-20H,13H2,1-4H3,(H,25,27)(H,26,30)(H,28,29)/t14-,20?/m0/s1. The van der Waals surface area contributed by atoms with Crippen LogP contribution in [0, 0.1) is 5.41 Å². The number of carboxylic acids is 1. The van der Waals surface area contributed by atoms with Crippen LogP contribution in [0.2, 0.25) is 0 Å². The fraction of sp³-hybridized carbons (Fsp3) is 0.375. The highest BCUT2D eigenvalue weighted by Gasteiger charge is 2.35. The molecular weight excluding hydrogens is 396 g/mol. The molecule has 0 spiro atoms. The number of amides is 2. The van der Waals surface area contributed by atoms with Gasteiger partial charge in [-0.1, -0.05) is 69.3 Å². The van der Waals surface area contributed by atoms with Gasteiger partial charge in [-0.15, -0.1) is 0 Å². The molecule has 2 aromatic carbocycles. The highest BCUT2D eigenvalue weighted by molar-refractivity contribution is 5.89. The Kier molecular flexibility index (Phi) is 6.34. The second kappa shape index (κ2) is 8.79. The molecular formula is C24H28N2O5. The number of alkyl carbamates (subject to hydrolysis) is 1. The van der Waals surface area contributed by atoms with E-state index in [4.69, 9.17) is 9.84 Å². The summed E-state index contributed by atoms with van der Waals surface area (Å²) in [4.78, 5) is 36.2. The van der Waals surface area contributed by atoms with Crippen molar-refractivity contribution in [3.05, 3.63) is 59.7 Å². The molecule has 0 aromatic heterocycles. The van der Waals surface area contributed by atoms with Crippen LogP contribution in [0.4, 0.5) is 4.79 Å². The second-order valence-electron chi connectivity index (χ2n) is 8.84. The molecule has 0 saturated heterocycles. The third kappa shape index (κ3) is 4.87. The van der Waals surface area contributed by atoms with Crippen LogP contribution in [0.15, 0.2) is 48.5 Å². The number of carbonyl (C=O) groups is 3. The van der Waals surface area contributed by atoms with Crippen LogP contribution in [-0.4, -0.2) is 41.8 Å². The molecule has 0 bridgehead atoms. The van der Waals surface area contributed by atoms with E-state index in [1.54, 1.807) is 20.8 Å². The molecule has 3 rings (SSSR count). The lowest BCUT2D eigenvalue weighted by molar-refractivity contribution is -0.142. The number of nitrogens with one attached hydrogen (secondary N) is 2. The van der Waals surface area contributed by atoms with Crippen molar-refractivity contribution in [2.24, 2.45) is 5.41 Å². The number of benzene rings is 2. The van der Waals surface area contributed by atoms with E-state index in [-0.39, 0.29) is 12.5 Å². The van der Waals surface area contributed by atoms with Gasteiger partial charge in [-0.25, -0.2) is 4.79 Å². The summed E-state index contributed by atoms with van der Waals surface area (Å²) in [5.74, 6) is -1.81. The molecule has 2 atom stereocenters. The number of aliphatic carboxylic acids is 1. The molecule has 7 heteroatoms. The van der Waals surface area contributed by atoms with Gasteiger partial charge in [0.25, 0.3) is 0 Å². The van der Waals surface area contributed by atoms with Gasteiger partial charge >= 0.3 is 12.1 Å². The fourth-order valence-electron chi connectivity index (χ4n) is 3.79. The molecule has 0 radical (unpaired) electrons. The third-order valence-electron chi connectivity index (χ3n) is 5.46. The van der Waals surface area contributed by atoms with E-state index < -0.39 is 35.5 Å². The smallest absolute Gasteiger partial charge is 0.407 e. The first-order valence-corrected chi connectivity index (χ1v) is 10.2. The second-order valence-corrected chi connectivity index (χ2v) is 8.84. The van der Waals surface area contributed by atoms with Crippen molar-refractivity contribution < 1.29 is 24.2 Å². The van der Waals surface area contributed by atoms with Gasteiger partial charge in [-0.3, -0.25) is 9.59 Å². The lowest BCUT2D eigenvalue weighted by Crippen LogP contribution is -2.56. The molecule has 7 nitrogen and oxygen atoms in total. The highest BCUT2D eigenvalue weighted by atomic mass is 16.5. The number of ether oxygens (including phenoxy) is 1. The number of carbonyl (C=O) groups excluding carboxylic acids is 2. The van der Waals surface area contributed by atoms with Crippen molar-refractivity contribution in [3.63, 3.8) is 0 Å². The lowest BCUT2D eigenvalue weighted by Gasteiger charge is -2.30. The molecule has 31 heavy (non-hydrogen) atoms. The zero-order valence-corrected chi connectivity index (χ0v) is 18.1. The number of fused-ring (bicyclic) bond motifs is 3. The minimum Gasteiger partial charge on any atom is -0.480 e. The van der Waals surface area contributed by atoms with Gasteiger partial charge in [-0.05, 0) is 34.6 Å². The van der Waals surface area contributed by atoms with E-state index in [9.17, 15) is 14.4 Å². The van der Waals surface area contributed by atoms with Gasteiger partial charge in [0.05, 0.1) is 0 Å². The number of carboxylic acid groups (broad SMARTS) is 1. The molecule has 1 unspecified atom stereocenters. The maximum absolute atomic E-state index is 12.6. The molecule has 0 fully saturated rings. The minimum absolute atomic E-state index is 0.0907. The summed E-state index contributed by atoms with van der Waals surface area (Å²) in [7, 11) is 0. The van der Waals surface area contributed by atoms with Crippen LogP contribution in [0.1, 0.15) is 44.7 Å². The van der Waals surface area contributed by atoms with Gasteiger partial charge < -0.3 is 20.5 Å². The van der Waals surface area contributed by atoms with E-state index in [0.717, 1.165) is 22.3 Å². The number of hydrogen-bond acceptors (Lipinski definition) is 4. The Labute approximate surface area is 181 Å². The molecule has 2 amide bonds. The van der Waals surface area contributed by atoms with Crippen LogP contribution >= 0.6 is 0 Å². The summed E-state index contributed by atoms with van der Waals surface area (Å²) in [6, 6.07) is 14.0. The fourth-order valence-corrected chi connectivity index (χ4v) is 3.79. The van der Waals surface area contributed by atoms with Crippen molar-refractivity contribution in [1.29, 1.82) is 0 Å². The van der Waals surface area contributed by atoms with E-state index in [0.29, 0.717) is 0 Å². The zero-order valence-electron chi connectivity index (χ0n) is 18.1. The Morgan fingerprint density at radius 1 is 0.968 bits per heavy atom. The molecule has 2 aromatic rings. The summed E-state index contributed by atoms with van der Waals surface area (Å²) in [5.41, 5.74) is 3.80. The Morgan fingerprint density at radius 2 is 1.48 bits per heavy atom. The molecule has 1 aliphatic carbocycles. The van der Waals surface area contributed by atoms with Gasteiger partial charge in [0.2, 0.25) is 5.91 Å². The van der Waals surface area contributed by atoms with Gasteiger partial charge in [0.1, 0.15) is 18.7 Å². The van der Waals surface area contributed by atoms with Crippen molar-refractivity contribution in [3.8, 4) is 11.1 Å². The normalized spacial score (nSPS) is 14.7. The molecule has 3 N–H and O–H groups in total. The summed E-state index contributed by atoms with van der Waals surface area (Å²) < 4.78 is 5.52. The highest BCUT2D eigenvalue weighted by Crippen LogP contribution is 2.44. The minimum atomic E-state index is -1.15. The summed E-state index contributed by atoms with van der Waals surface area (Å²) in [5, 5.41) is 14.0. The monoisotopic (exact) mass is 424 g/mol. The van der Waals surface area contributed by atoms with E-state index >= 15 is 0 Å². The quantitative estimate of drug-likeness (QED) is 0.658. The predicted molar refractivity (Wildman–Crippen MR) is 117 cm³/mol. The Bertz CT molecular complexity index is 950. The van der Waals surface area contributed by atoms with Crippen molar-refractivity contribution in [2.75, 3.05) is 6.61 Å². The summed E-state index contributed by atoms with van der Waals surface area (Å²) >= 11 is 0. The Balaban J connectivity index is 1.70. The van der Waals surface area contributed by atoms with E-state index in [1.807, 2.05) is 36.4 Å². The first-order chi connectivity index (χ1) is 14.6. The van der Waals surface area contributed by atoms with Crippen molar-refractivity contribution >= 4 is 18.0 Å². The Hall–Kier alpha value is -3.35. The van der Waals surface area contributed by atoms with Crippen LogP contribution in [-0.2, 0) is 14.3 Å². The topological polar surface area (TPSA) is 105 Å². The molecule has 0 saturated carbocycles. The van der Waals surface area contributed by atoms with Gasteiger partial charge in [0.15, 0.2) is 0 Å². The zero-order chi connectivity index (χ0) is 22.8. The maximum atomic E-state index is 12.6. The largest absolute Gasteiger partial charge is 0.480 e. The summed E-state index contributed by atoms with van der Waals surface area (Å²) in [6.07, 6.45) is -0.722. The van der Waals surface area contributed by atoms with Gasteiger partial charge in [-0.2, -0.15) is 0 Å². The van der Waals surface area contributed by atoms with Crippen molar-refractivity contribution in [2.45, 2.75) is 45.7 Å². The lowest BCUT2D eigenvalue weighted by atomic mass is 9.86.